The molecule has 0 saturated carbocycles. The summed E-state index contributed by atoms with van der Waals surface area (Å²) in [6, 6.07) is 0. The van der Waals surface area contributed by atoms with E-state index >= 15 is 0 Å². The maximum atomic E-state index is 10.7. The molecule has 0 aromatic heterocycles. The van der Waals surface area contributed by atoms with Crippen LogP contribution in [0.1, 0.15) is 39.5 Å². The molecule has 0 radical (unpaired) electrons. The quantitative estimate of drug-likeness (QED) is 0.740. The van der Waals surface area contributed by atoms with Gasteiger partial charge in [0.1, 0.15) is 0 Å². The van der Waals surface area contributed by atoms with Gasteiger partial charge in [-0.1, -0.05) is 13.8 Å². The fourth-order valence-corrected chi connectivity index (χ4v) is 2.07. The lowest BCUT2D eigenvalue weighted by molar-refractivity contribution is -0.123. The minimum Gasteiger partial charge on any atom is -0.356 e. The fourth-order valence-electron chi connectivity index (χ4n) is 2.07. The van der Waals surface area contributed by atoms with E-state index in [4.69, 9.17) is 0 Å². The number of hydrogen-bond donors (Lipinski definition) is 2. The van der Waals surface area contributed by atoms with Gasteiger partial charge in [0.25, 0.3) is 0 Å². The molecular formula is C12H22N2O2. The lowest BCUT2D eigenvalue weighted by Crippen LogP contribution is -2.18. The van der Waals surface area contributed by atoms with Crippen LogP contribution in [-0.2, 0) is 9.59 Å². The zero-order chi connectivity index (χ0) is 12.0. The molecule has 4 heteroatoms. The maximum Gasteiger partial charge on any atom is 0.223 e. The SMILES string of the molecule is CCC1CCNC1=O.CC[C@H]1CCNC1=O. The molecule has 0 aromatic rings. The number of carbonyl (C=O) groups is 2. The van der Waals surface area contributed by atoms with Crippen LogP contribution in [0.25, 0.3) is 0 Å². The van der Waals surface area contributed by atoms with Gasteiger partial charge < -0.3 is 10.6 Å². The van der Waals surface area contributed by atoms with Gasteiger partial charge in [-0.05, 0) is 25.7 Å². The van der Waals surface area contributed by atoms with Gasteiger partial charge in [0.05, 0.1) is 0 Å². The molecular weight excluding hydrogens is 204 g/mol. The summed E-state index contributed by atoms with van der Waals surface area (Å²) in [6.07, 6.45) is 4.06. The molecule has 2 atom stereocenters. The second kappa shape index (κ2) is 6.51. The Bertz CT molecular complexity index is 227. The van der Waals surface area contributed by atoms with E-state index < -0.39 is 0 Å². The molecule has 2 heterocycles. The van der Waals surface area contributed by atoms with E-state index in [0.717, 1.165) is 38.8 Å². The van der Waals surface area contributed by atoms with E-state index in [-0.39, 0.29) is 11.8 Å². The van der Waals surface area contributed by atoms with E-state index in [1.807, 2.05) is 0 Å². The average molecular weight is 226 g/mol. The summed E-state index contributed by atoms with van der Waals surface area (Å²) < 4.78 is 0. The van der Waals surface area contributed by atoms with Gasteiger partial charge >= 0.3 is 0 Å². The van der Waals surface area contributed by atoms with Gasteiger partial charge in [-0.25, -0.2) is 0 Å². The zero-order valence-electron chi connectivity index (χ0n) is 10.2. The predicted octanol–water partition coefficient (Wildman–Crippen LogP) is 1.06. The van der Waals surface area contributed by atoms with Crippen LogP contribution in [0.5, 0.6) is 0 Å². The third kappa shape index (κ3) is 3.51. The van der Waals surface area contributed by atoms with Crippen LogP contribution in [0.3, 0.4) is 0 Å². The Morgan fingerprint density at radius 2 is 1.31 bits per heavy atom. The van der Waals surface area contributed by atoms with E-state index in [0.29, 0.717) is 11.8 Å². The van der Waals surface area contributed by atoms with E-state index in [1.165, 1.54) is 0 Å². The number of carbonyl (C=O) groups excluding carboxylic acids is 2. The number of nitrogens with one attached hydrogen (secondary N) is 2. The summed E-state index contributed by atoms with van der Waals surface area (Å²) in [5.41, 5.74) is 0. The highest BCUT2D eigenvalue weighted by Crippen LogP contribution is 2.12. The minimum absolute atomic E-state index is 0.243. The van der Waals surface area contributed by atoms with Crippen molar-refractivity contribution in [3.8, 4) is 0 Å². The van der Waals surface area contributed by atoms with Crippen molar-refractivity contribution in [1.82, 2.24) is 10.6 Å². The van der Waals surface area contributed by atoms with E-state index in [2.05, 4.69) is 24.5 Å². The third-order valence-corrected chi connectivity index (χ3v) is 3.31. The molecule has 2 fully saturated rings. The number of amides is 2. The normalized spacial score (nSPS) is 28.1. The molecule has 92 valence electrons. The molecule has 2 rings (SSSR count). The van der Waals surface area contributed by atoms with Crippen LogP contribution in [0, 0.1) is 11.8 Å². The minimum atomic E-state index is 0.243. The van der Waals surface area contributed by atoms with Gasteiger partial charge in [0.2, 0.25) is 11.8 Å². The van der Waals surface area contributed by atoms with Crippen molar-refractivity contribution in [3.05, 3.63) is 0 Å². The van der Waals surface area contributed by atoms with Crippen LogP contribution < -0.4 is 10.6 Å². The van der Waals surface area contributed by atoms with E-state index in [9.17, 15) is 9.59 Å². The Labute approximate surface area is 97.2 Å². The second-order valence-corrected chi connectivity index (χ2v) is 4.37. The van der Waals surface area contributed by atoms with Crippen molar-refractivity contribution in [2.24, 2.45) is 11.8 Å². The van der Waals surface area contributed by atoms with Crippen molar-refractivity contribution >= 4 is 11.8 Å². The first-order valence-corrected chi connectivity index (χ1v) is 6.24. The first-order chi connectivity index (χ1) is 7.69. The van der Waals surface area contributed by atoms with Crippen molar-refractivity contribution in [3.63, 3.8) is 0 Å². The van der Waals surface area contributed by atoms with Crippen molar-refractivity contribution in [1.29, 1.82) is 0 Å². The monoisotopic (exact) mass is 226 g/mol. The van der Waals surface area contributed by atoms with Crippen molar-refractivity contribution in [2.75, 3.05) is 13.1 Å². The lowest BCUT2D eigenvalue weighted by atomic mass is 10.1. The fraction of sp³-hybridized carbons (Fsp3) is 0.833. The molecule has 2 saturated heterocycles. The molecule has 0 spiro atoms. The number of hydrogen-bond acceptors (Lipinski definition) is 2. The molecule has 2 aliphatic heterocycles. The summed E-state index contributed by atoms with van der Waals surface area (Å²) >= 11 is 0. The first-order valence-electron chi connectivity index (χ1n) is 6.24. The second-order valence-electron chi connectivity index (χ2n) is 4.37. The van der Waals surface area contributed by atoms with E-state index in [1.54, 1.807) is 0 Å². The summed E-state index contributed by atoms with van der Waals surface area (Å²) in [6.45, 7) is 5.87. The molecule has 4 nitrogen and oxygen atoms in total. The van der Waals surface area contributed by atoms with Gasteiger partial charge in [0.15, 0.2) is 0 Å². The Morgan fingerprint density at radius 3 is 1.44 bits per heavy atom. The Balaban J connectivity index is 0.000000160. The van der Waals surface area contributed by atoms with Gasteiger partial charge in [-0.15, -0.1) is 0 Å². The van der Waals surface area contributed by atoms with Crippen LogP contribution in [0.4, 0.5) is 0 Å². The average Bonchev–Trinajstić information content (AvgIpc) is 2.87. The first kappa shape index (κ1) is 13.0. The molecule has 0 aromatic carbocycles. The van der Waals surface area contributed by atoms with Crippen LogP contribution in [0.15, 0.2) is 0 Å². The molecule has 2 N–H and O–H groups in total. The van der Waals surface area contributed by atoms with Crippen molar-refractivity contribution in [2.45, 2.75) is 39.5 Å². The zero-order valence-corrected chi connectivity index (χ0v) is 10.2. The topological polar surface area (TPSA) is 58.2 Å². The Kier molecular flexibility index (Phi) is 5.29. The standard InChI is InChI=1S/2C6H11NO/c2*1-2-5-3-4-7-6(5)8/h2*5H,2-4H2,1H3,(H,7,8)/t5-;/m0./s1. The Hall–Kier alpha value is -1.06. The molecule has 2 aliphatic rings. The summed E-state index contributed by atoms with van der Waals surface area (Å²) in [5.74, 6) is 1.12. The summed E-state index contributed by atoms with van der Waals surface area (Å²) in [7, 11) is 0. The highest BCUT2D eigenvalue weighted by atomic mass is 16.2. The Morgan fingerprint density at radius 1 is 0.938 bits per heavy atom. The van der Waals surface area contributed by atoms with Gasteiger partial charge in [0, 0.05) is 24.9 Å². The molecule has 0 bridgehead atoms. The summed E-state index contributed by atoms with van der Waals surface area (Å²) in [4.78, 5) is 21.4. The predicted molar refractivity (Wildman–Crippen MR) is 62.8 cm³/mol. The number of rotatable bonds is 2. The highest BCUT2D eigenvalue weighted by Gasteiger charge is 2.21. The third-order valence-electron chi connectivity index (χ3n) is 3.31. The maximum absolute atomic E-state index is 10.7. The smallest absolute Gasteiger partial charge is 0.223 e. The van der Waals surface area contributed by atoms with Crippen LogP contribution in [0.2, 0.25) is 0 Å². The summed E-state index contributed by atoms with van der Waals surface area (Å²) in [5, 5.41) is 5.56. The van der Waals surface area contributed by atoms with Gasteiger partial charge in [-0.3, -0.25) is 9.59 Å². The van der Waals surface area contributed by atoms with Crippen molar-refractivity contribution < 1.29 is 9.59 Å². The molecule has 16 heavy (non-hydrogen) atoms. The van der Waals surface area contributed by atoms with Gasteiger partial charge in [-0.2, -0.15) is 0 Å². The molecule has 2 amide bonds. The molecule has 0 aliphatic carbocycles. The largest absolute Gasteiger partial charge is 0.356 e. The highest BCUT2D eigenvalue weighted by molar-refractivity contribution is 5.80. The molecule has 1 unspecified atom stereocenters. The lowest BCUT2D eigenvalue weighted by Gasteiger charge is -1.97. The van der Waals surface area contributed by atoms with Crippen LogP contribution in [-0.4, -0.2) is 24.9 Å². The van der Waals surface area contributed by atoms with Crippen LogP contribution >= 0.6 is 0 Å².